The van der Waals surface area contributed by atoms with Gasteiger partial charge >= 0.3 is 0 Å². The molecule has 6 heteroatoms. The molecule has 0 saturated heterocycles. The average molecular weight is 330 g/mol. The van der Waals surface area contributed by atoms with E-state index in [-0.39, 0.29) is 24.3 Å². The number of aryl methyl sites for hydroxylation is 1. The predicted octanol–water partition coefficient (Wildman–Crippen LogP) is 2.09. The number of carbonyl (C=O) groups is 2. The highest BCUT2D eigenvalue weighted by Crippen LogP contribution is 2.20. The summed E-state index contributed by atoms with van der Waals surface area (Å²) >= 11 is 0. The molecule has 0 spiro atoms. The number of nitrogens with one attached hydrogen (secondary N) is 2. The molecule has 1 atom stereocenters. The molecule has 4 N–H and O–H groups in total. The van der Waals surface area contributed by atoms with E-state index in [1.54, 1.807) is 0 Å². The lowest BCUT2D eigenvalue weighted by Crippen LogP contribution is -2.46. The van der Waals surface area contributed by atoms with Gasteiger partial charge in [-0.25, -0.2) is 0 Å². The summed E-state index contributed by atoms with van der Waals surface area (Å²) in [6.45, 7) is 6.70. The lowest BCUT2D eigenvalue weighted by molar-refractivity contribution is -0.125. The smallest absolute Gasteiger partial charge is 0.243 e. The first-order valence-electron chi connectivity index (χ1n) is 8.34. The number of amides is 2. The number of nitrogens with zero attached hydrogens (tertiary/aromatic N) is 1. The number of carbonyl (C=O) groups excluding carboxylic acids is 2. The van der Waals surface area contributed by atoms with Crippen LogP contribution < -0.4 is 16.4 Å². The van der Waals surface area contributed by atoms with Gasteiger partial charge in [-0.05, 0) is 35.9 Å². The molecular formula is C18H26N4O2. The van der Waals surface area contributed by atoms with E-state index in [1.165, 1.54) is 0 Å². The van der Waals surface area contributed by atoms with Gasteiger partial charge in [0.05, 0.1) is 18.1 Å². The monoisotopic (exact) mass is 330 g/mol. The first kappa shape index (κ1) is 18.0. The number of hydrogen-bond acceptors (Lipinski definition) is 3. The van der Waals surface area contributed by atoms with Crippen molar-refractivity contribution in [2.75, 3.05) is 11.9 Å². The van der Waals surface area contributed by atoms with Gasteiger partial charge in [0.25, 0.3) is 0 Å². The van der Waals surface area contributed by atoms with Crippen LogP contribution in [0.5, 0.6) is 0 Å². The molecule has 1 heterocycles. The lowest BCUT2D eigenvalue weighted by atomic mass is 10.1. The summed E-state index contributed by atoms with van der Waals surface area (Å²) in [5.74, 6) is -0.554. The number of rotatable bonds is 7. The number of nitrogens with two attached hydrogens (primary N) is 1. The number of anilines is 1. The molecular weight excluding hydrogens is 304 g/mol. The highest BCUT2D eigenvalue weighted by atomic mass is 16.2. The molecule has 0 bridgehead atoms. The van der Waals surface area contributed by atoms with Crippen molar-refractivity contribution in [3.63, 3.8) is 0 Å². The van der Waals surface area contributed by atoms with E-state index in [4.69, 9.17) is 5.73 Å². The standard InChI is InChI=1S/C18H26N4O2/c1-4-8-22-9-7-13-5-6-14(10-15(13)22)21-16(23)11-20-18(24)17(19)12(2)3/h5-7,9-10,12,17H,4,8,11,19H2,1-3H3,(H,20,24)(H,21,23)/t17-/m0/s1. The molecule has 2 aromatic rings. The van der Waals surface area contributed by atoms with Crippen molar-refractivity contribution in [3.05, 3.63) is 30.5 Å². The molecule has 0 saturated carbocycles. The van der Waals surface area contributed by atoms with Crippen LogP contribution in [0.4, 0.5) is 5.69 Å². The van der Waals surface area contributed by atoms with E-state index in [0.717, 1.165) is 23.9 Å². The zero-order chi connectivity index (χ0) is 17.7. The summed E-state index contributed by atoms with van der Waals surface area (Å²) in [7, 11) is 0. The summed E-state index contributed by atoms with van der Waals surface area (Å²) in [5, 5.41) is 6.51. The zero-order valence-corrected chi connectivity index (χ0v) is 14.5. The fourth-order valence-electron chi connectivity index (χ4n) is 2.49. The molecule has 0 fully saturated rings. The third kappa shape index (κ3) is 4.35. The average Bonchev–Trinajstić information content (AvgIpc) is 2.94. The van der Waals surface area contributed by atoms with Crippen LogP contribution >= 0.6 is 0 Å². The van der Waals surface area contributed by atoms with Crippen molar-refractivity contribution in [3.8, 4) is 0 Å². The number of benzene rings is 1. The second kappa shape index (κ2) is 7.97. The van der Waals surface area contributed by atoms with Gasteiger partial charge in [0.1, 0.15) is 0 Å². The topological polar surface area (TPSA) is 89.2 Å². The first-order chi connectivity index (χ1) is 11.4. The van der Waals surface area contributed by atoms with Gasteiger partial charge < -0.3 is 20.9 Å². The largest absolute Gasteiger partial charge is 0.347 e. The van der Waals surface area contributed by atoms with Crippen LogP contribution in [0.1, 0.15) is 27.2 Å². The SMILES string of the molecule is CCCn1ccc2ccc(NC(=O)CNC(=O)[C@@H](N)C(C)C)cc21. The Kier molecular flexibility index (Phi) is 5.98. The molecule has 0 unspecified atom stereocenters. The van der Waals surface area contributed by atoms with Crippen molar-refractivity contribution in [1.82, 2.24) is 9.88 Å². The maximum atomic E-state index is 12.0. The Bertz CT molecular complexity index is 721. The summed E-state index contributed by atoms with van der Waals surface area (Å²) in [6, 6.07) is 7.24. The second-order valence-corrected chi connectivity index (χ2v) is 6.32. The van der Waals surface area contributed by atoms with Crippen LogP contribution in [0.15, 0.2) is 30.5 Å². The van der Waals surface area contributed by atoms with E-state index < -0.39 is 6.04 Å². The van der Waals surface area contributed by atoms with E-state index in [2.05, 4.69) is 28.2 Å². The maximum Gasteiger partial charge on any atom is 0.243 e. The molecule has 0 aliphatic carbocycles. The number of fused-ring (bicyclic) bond motifs is 1. The summed E-state index contributed by atoms with van der Waals surface area (Å²) in [4.78, 5) is 23.8. The minimum Gasteiger partial charge on any atom is -0.347 e. The first-order valence-corrected chi connectivity index (χ1v) is 8.34. The lowest BCUT2D eigenvalue weighted by Gasteiger charge is -2.15. The predicted molar refractivity (Wildman–Crippen MR) is 96.7 cm³/mol. The highest BCUT2D eigenvalue weighted by Gasteiger charge is 2.17. The van der Waals surface area contributed by atoms with E-state index in [9.17, 15) is 9.59 Å². The zero-order valence-electron chi connectivity index (χ0n) is 14.5. The minimum atomic E-state index is -0.605. The quantitative estimate of drug-likeness (QED) is 0.726. The Hall–Kier alpha value is -2.34. The van der Waals surface area contributed by atoms with Gasteiger partial charge in [0.15, 0.2) is 0 Å². The summed E-state index contributed by atoms with van der Waals surface area (Å²) < 4.78 is 2.16. The van der Waals surface area contributed by atoms with E-state index in [1.807, 2.05) is 38.2 Å². The molecule has 6 nitrogen and oxygen atoms in total. The fourth-order valence-corrected chi connectivity index (χ4v) is 2.49. The summed E-state index contributed by atoms with van der Waals surface area (Å²) in [5.41, 5.74) is 7.55. The van der Waals surface area contributed by atoms with Crippen LogP contribution in [0, 0.1) is 5.92 Å². The second-order valence-electron chi connectivity index (χ2n) is 6.32. The van der Waals surface area contributed by atoms with E-state index in [0.29, 0.717) is 5.69 Å². The van der Waals surface area contributed by atoms with Crippen LogP contribution in [0.25, 0.3) is 10.9 Å². The fraction of sp³-hybridized carbons (Fsp3) is 0.444. The van der Waals surface area contributed by atoms with Gasteiger partial charge in [-0.2, -0.15) is 0 Å². The Morgan fingerprint density at radius 3 is 2.67 bits per heavy atom. The molecule has 1 aromatic carbocycles. The van der Waals surface area contributed by atoms with Gasteiger partial charge in [0.2, 0.25) is 11.8 Å². The Morgan fingerprint density at radius 2 is 2.00 bits per heavy atom. The van der Waals surface area contributed by atoms with Gasteiger partial charge in [-0.1, -0.05) is 26.8 Å². The maximum absolute atomic E-state index is 12.0. The van der Waals surface area contributed by atoms with Crippen molar-refractivity contribution < 1.29 is 9.59 Å². The van der Waals surface area contributed by atoms with Crippen LogP contribution in [0.2, 0.25) is 0 Å². The summed E-state index contributed by atoms with van der Waals surface area (Å²) in [6.07, 6.45) is 3.09. The molecule has 24 heavy (non-hydrogen) atoms. The minimum absolute atomic E-state index is 0.0295. The Labute approximate surface area is 142 Å². The molecule has 130 valence electrons. The van der Waals surface area contributed by atoms with E-state index >= 15 is 0 Å². The van der Waals surface area contributed by atoms with Gasteiger partial charge in [-0.3, -0.25) is 9.59 Å². The number of aromatic nitrogens is 1. The highest BCUT2D eigenvalue weighted by molar-refractivity contribution is 5.97. The van der Waals surface area contributed by atoms with Gasteiger partial charge in [0, 0.05) is 18.4 Å². The molecule has 0 aliphatic rings. The third-order valence-corrected chi connectivity index (χ3v) is 3.97. The molecule has 2 rings (SSSR count). The van der Waals surface area contributed by atoms with Crippen molar-refractivity contribution in [2.24, 2.45) is 11.7 Å². The normalized spacial score (nSPS) is 12.4. The number of hydrogen-bond donors (Lipinski definition) is 3. The molecule has 1 aromatic heterocycles. The van der Waals surface area contributed by atoms with Crippen molar-refractivity contribution in [1.29, 1.82) is 0 Å². The molecule has 0 aliphatic heterocycles. The molecule has 0 radical (unpaired) electrons. The van der Waals surface area contributed by atoms with Crippen LogP contribution in [-0.2, 0) is 16.1 Å². The van der Waals surface area contributed by atoms with Gasteiger partial charge in [-0.15, -0.1) is 0 Å². The Morgan fingerprint density at radius 1 is 1.25 bits per heavy atom. The third-order valence-electron chi connectivity index (χ3n) is 3.97. The van der Waals surface area contributed by atoms with Crippen LogP contribution in [-0.4, -0.2) is 29.0 Å². The van der Waals surface area contributed by atoms with Crippen molar-refractivity contribution in [2.45, 2.75) is 39.8 Å². The molecule has 2 amide bonds. The van der Waals surface area contributed by atoms with Crippen LogP contribution in [0.3, 0.4) is 0 Å². The van der Waals surface area contributed by atoms with Crippen molar-refractivity contribution >= 4 is 28.4 Å². The Balaban J connectivity index is 1.97.